The highest BCUT2D eigenvalue weighted by atomic mass is 32.1. The predicted molar refractivity (Wildman–Crippen MR) is 52.6 cm³/mol. The molecule has 0 unspecified atom stereocenters. The molecule has 0 aliphatic carbocycles. The van der Waals surface area contributed by atoms with E-state index in [2.05, 4.69) is 15.3 Å². The van der Waals surface area contributed by atoms with Crippen LogP contribution in [0.25, 0.3) is 0 Å². The highest BCUT2D eigenvalue weighted by Crippen LogP contribution is 2.19. The number of rotatable bonds is 3. The molecule has 1 aromatic heterocycles. The normalized spacial score (nSPS) is 23.9. The molecular formula is C9H14N2OS. The van der Waals surface area contributed by atoms with E-state index < -0.39 is 0 Å². The molecule has 1 aliphatic rings. The third kappa shape index (κ3) is 2.07. The fourth-order valence-corrected chi connectivity index (χ4v) is 2.38. The van der Waals surface area contributed by atoms with Crippen LogP contribution in [0.15, 0.2) is 10.9 Å². The van der Waals surface area contributed by atoms with Gasteiger partial charge in [0.25, 0.3) is 0 Å². The third-order valence-corrected chi connectivity index (χ3v) is 3.19. The van der Waals surface area contributed by atoms with Crippen LogP contribution in [-0.2, 0) is 6.54 Å². The van der Waals surface area contributed by atoms with Crippen LogP contribution in [-0.4, -0.2) is 34.2 Å². The second-order valence-corrected chi connectivity index (χ2v) is 4.15. The zero-order valence-corrected chi connectivity index (χ0v) is 8.33. The fourth-order valence-electron chi connectivity index (χ4n) is 1.83. The topological polar surface area (TPSA) is 36.4 Å². The van der Waals surface area contributed by atoms with Gasteiger partial charge in [0.1, 0.15) is 0 Å². The number of likely N-dealkylation sites (tertiary alicyclic amines) is 1. The monoisotopic (exact) mass is 198 g/mol. The van der Waals surface area contributed by atoms with Crippen LogP contribution >= 0.6 is 11.3 Å². The maximum Gasteiger partial charge on any atom is 0.0795 e. The first-order chi connectivity index (χ1) is 6.40. The summed E-state index contributed by atoms with van der Waals surface area (Å²) in [5.74, 6) is 0. The zero-order valence-electron chi connectivity index (χ0n) is 7.52. The second-order valence-electron chi connectivity index (χ2n) is 3.43. The highest BCUT2D eigenvalue weighted by molar-refractivity contribution is 7.07. The number of aliphatic hydroxyl groups is 1. The number of aromatic nitrogens is 1. The molecule has 72 valence electrons. The maximum atomic E-state index is 9.11. The molecule has 0 aromatic carbocycles. The lowest BCUT2D eigenvalue weighted by Gasteiger charge is -2.21. The van der Waals surface area contributed by atoms with Gasteiger partial charge in [0, 0.05) is 18.0 Å². The molecule has 2 rings (SSSR count). The van der Waals surface area contributed by atoms with Crippen LogP contribution in [0.2, 0.25) is 0 Å². The Morgan fingerprint density at radius 3 is 3.31 bits per heavy atom. The number of nitrogens with zero attached hydrogens (tertiary/aromatic N) is 2. The van der Waals surface area contributed by atoms with E-state index in [-0.39, 0.29) is 6.61 Å². The third-order valence-electron chi connectivity index (χ3n) is 2.56. The first-order valence-corrected chi connectivity index (χ1v) is 5.56. The standard InChI is InChI=1S/C9H14N2OS/c12-5-9-2-1-3-11(9)4-8-6-13-7-10-8/h6-7,9,12H,1-5H2/t9-/m1/s1. The number of hydrogen-bond donors (Lipinski definition) is 1. The van der Waals surface area contributed by atoms with Gasteiger partial charge in [0.15, 0.2) is 0 Å². The molecule has 0 amide bonds. The smallest absolute Gasteiger partial charge is 0.0795 e. The number of hydrogen-bond acceptors (Lipinski definition) is 4. The Labute approximate surface area is 82.0 Å². The average molecular weight is 198 g/mol. The van der Waals surface area contributed by atoms with E-state index in [0.29, 0.717) is 6.04 Å². The van der Waals surface area contributed by atoms with Crippen LogP contribution in [0.4, 0.5) is 0 Å². The van der Waals surface area contributed by atoms with Crippen LogP contribution in [0.1, 0.15) is 18.5 Å². The van der Waals surface area contributed by atoms with Crippen molar-refractivity contribution in [2.24, 2.45) is 0 Å². The van der Waals surface area contributed by atoms with Gasteiger partial charge in [-0.2, -0.15) is 0 Å². The molecule has 13 heavy (non-hydrogen) atoms. The Morgan fingerprint density at radius 2 is 2.62 bits per heavy atom. The van der Waals surface area contributed by atoms with Gasteiger partial charge in [-0.15, -0.1) is 11.3 Å². The maximum absolute atomic E-state index is 9.11. The van der Waals surface area contributed by atoms with Crippen LogP contribution in [0.3, 0.4) is 0 Å². The van der Waals surface area contributed by atoms with Crippen LogP contribution < -0.4 is 0 Å². The van der Waals surface area contributed by atoms with E-state index in [1.54, 1.807) is 11.3 Å². The van der Waals surface area contributed by atoms with E-state index in [0.717, 1.165) is 25.2 Å². The second kappa shape index (κ2) is 4.17. The molecule has 1 aromatic rings. The van der Waals surface area contributed by atoms with Crippen molar-refractivity contribution in [3.05, 3.63) is 16.6 Å². The lowest BCUT2D eigenvalue weighted by atomic mass is 10.2. The summed E-state index contributed by atoms with van der Waals surface area (Å²) in [6.45, 7) is 2.28. The van der Waals surface area contributed by atoms with Crippen LogP contribution in [0, 0.1) is 0 Å². The van der Waals surface area contributed by atoms with E-state index in [4.69, 9.17) is 5.11 Å². The van der Waals surface area contributed by atoms with Crippen molar-refractivity contribution in [2.45, 2.75) is 25.4 Å². The van der Waals surface area contributed by atoms with E-state index in [1.807, 2.05) is 5.51 Å². The molecule has 1 N–H and O–H groups in total. The van der Waals surface area contributed by atoms with Crippen molar-refractivity contribution in [3.63, 3.8) is 0 Å². The van der Waals surface area contributed by atoms with Gasteiger partial charge >= 0.3 is 0 Å². The minimum absolute atomic E-state index is 0.282. The number of thiazole rings is 1. The summed E-state index contributed by atoms with van der Waals surface area (Å²) in [5.41, 5.74) is 2.99. The lowest BCUT2D eigenvalue weighted by Crippen LogP contribution is -2.31. The summed E-state index contributed by atoms with van der Waals surface area (Å²) < 4.78 is 0. The van der Waals surface area contributed by atoms with E-state index in [1.165, 1.54) is 6.42 Å². The summed E-state index contributed by atoms with van der Waals surface area (Å²) in [7, 11) is 0. The molecule has 1 aliphatic heterocycles. The lowest BCUT2D eigenvalue weighted by molar-refractivity contribution is 0.152. The summed E-state index contributed by atoms with van der Waals surface area (Å²) in [4.78, 5) is 6.56. The summed E-state index contributed by atoms with van der Waals surface area (Å²) >= 11 is 1.63. The minimum Gasteiger partial charge on any atom is -0.395 e. The molecule has 3 nitrogen and oxygen atoms in total. The first-order valence-electron chi connectivity index (χ1n) is 4.62. The molecule has 1 saturated heterocycles. The van der Waals surface area contributed by atoms with Crippen molar-refractivity contribution in [1.29, 1.82) is 0 Å². The SMILES string of the molecule is OC[C@H]1CCCN1Cc1cscn1. The molecule has 4 heteroatoms. The van der Waals surface area contributed by atoms with Gasteiger partial charge in [0.2, 0.25) is 0 Å². The van der Waals surface area contributed by atoms with Gasteiger partial charge in [-0.25, -0.2) is 4.98 Å². The molecule has 2 heterocycles. The Bertz CT molecular complexity index is 250. The molecule has 1 fully saturated rings. The average Bonchev–Trinajstić information content (AvgIpc) is 2.76. The van der Waals surface area contributed by atoms with Gasteiger partial charge in [-0.1, -0.05) is 0 Å². The quantitative estimate of drug-likeness (QED) is 0.790. The Balaban J connectivity index is 1.94. The fraction of sp³-hybridized carbons (Fsp3) is 0.667. The molecule has 0 spiro atoms. The van der Waals surface area contributed by atoms with E-state index in [9.17, 15) is 0 Å². The van der Waals surface area contributed by atoms with E-state index >= 15 is 0 Å². The first kappa shape index (κ1) is 9.12. The summed E-state index contributed by atoms with van der Waals surface area (Å²) in [6.07, 6.45) is 2.33. The van der Waals surface area contributed by atoms with Crippen molar-refractivity contribution in [3.8, 4) is 0 Å². The van der Waals surface area contributed by atoms with Crippen molar-refractivity contribution in [1.82, 2.24) is 9.88 Å². The zero-order chi connectivity index (χ0) is 9.10. The van der Waals surface area contributed by atoms with Gasteiger partial charge in [-0.3, -0.25) is 4.90 Å². The molecule has 1 atom stereocenters. The Hall–Kier alpha value is -0.450. The largest absolute Gasteiger partial charge is 0.395 e. The minimum atomic E-state index is 0.282. The molecule has 0 saturated carbocycles. The number of aliphatic hydroxyl groups excluding tert-OH is 1. The molecule has 0 radical (unpaired) electrons. The van der Waals surface area contributed by atoms with Crippen molar-refractivity contribution in [2.75, 3.05) is 13.2 Å². The summed E-state index contributed by atoms with van der Waals surface area (Å²) in [5, 5.41) is 11.2. The predicted octanol–water partition coefficient (Wildman–Crippen LogP) is 1.10. The van der Waals surface area contributed by atoms with Gasteiger partial charge < -0.3 is 5.11 Å². The molecular weight excluding hydrogens is 184 g/mol. The van der Waals surface area contributed by atoms with Gasteiger partial charge in [0.05, 0.1) is 17.8 Å². The van der Waals surface area contributed by atoms with Crippen molar-refractivity contribution < 1.29 is 5.11 Å². The Morgan fingerprint density at radius 1 is 1.69 bits per heavy atom. The summed E-state index contributed by atoms with van der Waals surface area (Å²) in [6, 6.07) is 0.363. The van der Waals surface area contributed by atoms with Crippen molar-refractivity contribution >= 4 is 11.3 Å². The van der Waals surface area contributed by atoms with Gasteiger partial charge in [-0.05, 0) is 19.4 Å². The van der Waals surface area contributed by atoms with Crippen LogP contribution in [0.5, 0.6) is 0 Å². The molecule has 0 bridgehead atoms. The Kier molecular flexibility index (Phi) is 2.93. The highest BCUT2D eigenvalue weighted by Gasteiger charge is 2.23.